The van der Waals surface area contributed by atoms with Gasteiger partial charge in [-0.05, 0) is 75.5 Å². The maximum Gasteiger partial charge on any atom is 0.0430 e. The van der Waals surface area contributed by atoms with E-state index < -0.39 is 0 Å². The van der Waals surface area contributed by atoms with Crippen LogP contribution in [0.4, 0.5) is 0 Å². The van der Waals surface area contributed by atoms with E-state index in [1.807, 2.05) is 11.3 Å². The SMILES string of the molecule is Cc1cccc2c1-c1cc3c(c(-c4scc5ccccc45)c1C2)C=CCC=C3. The molecule has 1 aromatic heterocycles. The number of aryl methyl sites for hydroxylation is 1. The van der Waals surface area contributed by atoms with Crippen LogP contribution in [-0.2, 0) is 6.42 Å². The summed E-state index contributed by atoms with van der Waals surface area (Å²) in [4.78, 5) is 1.41. The lowest BCUT2D eigenvalue weighted by Crippen LogP contribution is -1.94. The van der Waals surface area contributed by atoms with Crippen LogP contribution in [0.25, 0.3) is 44.5 Å². The van der Waals surface area contributed by atoms with Gasteiger partial charge < -0.3 is 0 Å². The summed E-state index contributed by atoms with van der Waals surface area (Å²) < 4.78 is 0. The van der Waals surface area contributed by atoms with Gasteiger partial charge >= 0.3 is 0 Å². The Morgan fingerprint density at radius 2 is 1.79 bits per heavy atom. The topological polar surface area (TPSA) is 0 Å². The highest BCUT2D eigenvalue weighted by atomic mass is 32.1. The van der Waals surface area contributed by atoms with Crippen molar-refractivity contribution in [1.29, 1.82) is 0 Å². The van der Waals surface area contributed by atoms with E-state index >= 15 is 0 Å². The van der Waals surface area contributed by atoms with Crippen molar-refractivity contribution < 1.29 is 0 Å². The van der Waals surface area contributed by atoms with Crippen LogP contribution in [0.2, 0.25) is 0 Å². The molecule has 4 aromatic rings. The minimum atomic E-state index is 1.000. The van der Waals surface area contributed by atoms with Gasteiger partial charge in [0.05, 0.1) is 0 Å². The number of benzene rings is 3. The number of fused-ring (bicyclic) bond motifs is 5. The molecule has 0 radical (unpaired) electrons. The number of hydrogen-bond acceptors (Lipinski definition) is 1. The molecule has 1 heterocycles. The van der Waals surface area contributed by atoms with Gasteiger partial charge in [-0.3, -0.25) is 0 Å². The fourth-order valence-corrected chi connectivity index (χ4v) is 5.96. The van der Waals surface area contributed by atoms with Crippen molar-refractivity contribution in [3.05, 3.63) is 93.9 Å². The molecule has 28 heavy (non-hydrogen) atoms. The standard InChI is InChI=1S/C27H20S/c1-17-8-7-11-19-15-24-23(25(17)19)14-18-9-3-2-4-12-21(18)26(24)27-22-13-6-5-10-20(22)16-28-27/h3-14,16H,2,15H2,1H3. The fraction of sp³-hybridized carbons (Fsp3) is 0.111. The molecule has 0 bridgehead atoms. The molecule has 0 aliphatic heterocycles. The molecule has 0 fully saturated rings. The van der Waals surface area contributed by atoms with Crippen molar-refractivity contribution in [2.24, 2.45) is 0 Å². The number of allylic oxidation sites excluding steroid dienone is 2. The third kappa shape index (κ3) is 2.23. The summed E-state index contributed by atoms with van der Waals surface area (Å²) >= 11 is 1.89. The summed E-state index contributed by atoms with van der Waals surface area (Å²) in [7, 11) is 0. The zero-order valence-corrected chi connectivity index (χ0v) is 16.6. The van der Waals surface area contributed by atoms with Gasteiger partial charge in [-0.25, -0.2) is 0 Å². The molecule has 0 N–H and O–H groups in total. The molecular weight excluding hydrogens is 356 g/mol. The van der Waals surface area contributed by atoms with Crippen LogP contribution < -0.4 is 0 Å². The van der Waals surface area contributed by atoms with Crippen LogP contribution in [0.3, 0.4) is 0 Å². The van der Waals surface area contributed by atoms with Crippen molar-refractivity contribution in [3.8, 4) is 21.6 Å². The summed E-state index contributed by atoms with van der Waals surface area (Å²) in [6.07, 6.45) is 11.2. The molecule has 1 heteroatoms. The molecule has 0 saturated carbocycles. The van der Waals surface area contributed by atoms with Gasteiger partial charge in [0.15, 0.2) is 0 Å². The third-order valence-corrected chi connectivity index (χ3v) is 7.12. The van der Waals surface area contributed by atoms with Gasteiger partial charge in [0.2, 0.25) is 0 Å². The Morgan fingerprint density at radius 3 is 2.75 bits per heavy atom. The first-order valence-electron chi connectivity index (χ1n) is 9.89. The summed E-state index contributed by atoms with van der Waals surface area (Å²) in [6.45, 7) is 2.25. The third-order valence-electron chi connectivity index (χ3n) is 6.09. The van der Waals surface area contributed by atoms with Crippen LogP contribution in [0.15, 0.2) is 66.1 Å². The van der Waals surface area contributed by atoms with E-state index in [0.29, 0.717) is 0 Å². The highest BCUT2D eigenvalue weighted by Gasteiger charge is 2.27. The van der Waals surface area contributed by atoms with Crippen molar-refractivity contribution in [2.45, 2.75) is 19.8 Å². The second kappa shape index (κ2) is 6.05. The van der Waals surface area contributed by atoms with Crippen LogP contribution in [0.5, 0.6) is 0 Å². The smallest absolute Gasteiger partial charge is 0.0430 e. The largest absolute Gasteiger partial charge is 0.143 e. The molecule has 6 rings (SSSR count). The summed E-state index contributed by atoms with van der Waals surface area (Å²) in [5, 5.41) is 5.02. The van der Waals surface area contributed by atoms with Crippen molar-refractivity contribution >= 4 is 34.3 Å². The summed E-state index contributed by atoms with van der Waals surface area (Å²) in [5.74, 6) is 0. The average Bonchev–Trinajstić information content (AvgIpc) is 3.21. The number of rotatable bonds is 1. The van der Waals surface area contributed by atoms with E-state index in [1.54, 1.807) is 0 Å². The monoisotopic (exact) mass is 376 g/mol. The minimum Gasteiger partial charge on any atom is -0.143 e. The van der Waals surface area contributed by atoms with E-state index in [1.165, 1.54) is 60.2 Å². The summed E-state index contributed by atoms with van der Waals surface area (Å²) in [5.41, 5.74) is 11.4. The minimum absolute atomic E-state index is 1.000. The zero-order chi connectivity index (χ0) is 18.7. The lowest BCUT2D eigenvalue weighted by Gasteiger charge is -2.16. The van der Waals surface area contributed by atoms with Crippen molar-refractivity contribution in [2.75, 3.05) is 0 Å². The molecule has 0 unspecified atom stereocenters. The molecule has 0 nitrogen and oxygen atoms in total. The first-order valence-corrected chi connectivity index (χ1v) is 10.8. The van der Waals surface area contributed by atoms with E-state index in [9.17, 15) is 0 Å². The van der Waals surface area contributed by atoms with E-state index in [4.69, 9.17) is 0 Å². The quantitative estimate of drug-likeness (QED) is 0.279. The molecule has 3 aromatic carbocycles. The first kappa shape index (κ1) is 16.1. The number of thiophene rings is 1. The maximum atomic E-state index is 2.43. The van der Waals surface area contributed by atoms with Gasteiger partial charge in [0.25, 0.3) is 0 Å². The molecular formula is C27H20S. The fourth-order valence-electron chi connectivity index (χ4n) is 4.84. The zero-order valence-electron chi connectivity index (χ0n) is 15.8. The lowest BCUT2D eigenvalue weighted by atomic mass is 9.89. The maximum absolute atomic E-state index is 2.43. The van der Waals surface area contributed by atoms with Gasteiger partial charge in [-0.15, -0.1) is 11.3 Å². The van der Waals surface area contributed by atoms with E-state index in [-0.39, 0.29) is 0 Å². The Hall–Kier alpha value is -2.90. The predicted octanol–water partition coefficient (Wildman–Crippen LogP) is 7.88. The Balaban J connectivity index is 1.75. The van der Waals surface area contributed by atoms with Crippen molar-refractivity contribution in [1.82, 2.24) is 0 Å². The van der Waals surface area contributed by atoms with Crippen LogP contribution in [0.1, 0.15) is 34.2 Å². The van der Waals surface area contributed by atoms with Gasteiger partial charge in [0.1, 0.15) is 0 Å². The van der Waals surface area contributed by atoms with E-state index in [0.717, 1.165) is 12.8 Å². The van der Waals surface area contributed by atoms with Gasteiger partial charge in [0, 0.05) is 15.8 Å². The summed E-state index contributed by atoms with van der Waals surface area (Å²) in [6, 6.07) is 18.0. The first-order chi connectivity index (χ1) is 13.8. The Morgan fingerprint density at radius 1 is 0.893 bits per heavy atom. The molecule has 2 aliphatic rings. The molecule has 2 aliphatic carbocycles. The van der Waals surface area contributed by atoms with E-state index in [2.05, 4.69) is 85.1 Å². The van der Waals surface area contributed by atoms with Gasteiger partial charge in [-0.1, -0.05) is 66.8 Å². The highest BCUT2D eigenvalue weighted by molar-refractivity contribution is 7.15. The predicted molar refractivity (Wildman–Crippen MR) is 123 cm³/mol. The lowest BCUT2D eigenvalue weighted by molar-refractivity contribution is 1.26. The molecule has 0 amide bonds. The Kier molecular flexibility index (Phi) is 3.48. The molecule has 0 atom stereocenters. The molecule has 134 valence electrons. The van der Waals surface area contributed by atoms with Crippen molar-refractivity contribution in [3.63, 3.8) is 0 Å². The van der Waals surface area contributed by atoms with Crippen LogP contribution >= 0.6 is 11.3 Å². The Labute approximate surface area is 169 Å². The second-order valence-electron chi connectivity index (χ2n) is 7.76. The average molecular weight is 377 g/mol. The van der Waals surface area contributed by atoms with Gasteiger partial charge in [-0.2, -0.15) is 0 Å². The molecule has 0 saturated heterocycles. The normalized spacial score (nSPS) is 14.0. The number of hydrogen-bond donors (Lipinski definition) is 0. The highest BCUT2D eigenvalue weighted by Crippen LogP contribution is 2.49. The van der Waals surface area contributed by atoms with Crippen LogP contribution in [0, 0.1) is 6.92 Å². The van der Waals surface area contributed by atoms with Crippen LogP contribution in [-0.4, -0.2) is 0 Å². The Bertz CT molecular complexity index is 1310. The second-order valence-corrected chi connectivity index (χ2v) is 8.64. The molecule has 0 spiro atoms.